The Hall–Kier alpha value is -4.42. The summed E-state index contributed by atoms with van der Waals surface area (Å²) in [6.07, 6.45) is 10.4. The highest BCUT2D eigenvalue weighted by Gasteiger charge is 2.57. The predicted molar refractivity (Wildman–Crippen MR) is 206 cm³/mol. The lowest BCUT2D eigenvalue weighted by Gasteiger charge is -2.47. The van der Waals surface area contributed by atoms with Crippen LogP contribution in [-0.2, 0) is 19.7 Å². The van der Waals surface area contributed by atoms with E-state index in [1.54, 1.807) is 18.6 Å². The van der Waals surface area contributed by atoms with Gasteiger partial charge in [-0.3, -0.25) is 19.5 Å². The number of pyridine rings is 2. The number of ether oxygens (including phenoxy) is 1. The van der Waals surface area contributed by atoms with Crippen molar-refractivity contribution in [3.8, 4) is 11.3 Å². The first kappa shape index (κ1) is 35.3. The first-order valence-electron chi connectivity index (χ1n) is 19.8. The SMILES string of the molecule is CC(C)n1cnc2cc(-c3ccc4c(c3)N([C@H]3C[C@@H](N5CCC(C)(C)C5)C3)C(=O)C43CCN(C(=O)C4(C)CCCO4)CC3)nc(Nc3ccncc3F)c21. The predicted octanol–water partition coefficient (Wildman–Crippen LogP) is 7.00. The zero-order chi connectivity index (χ0) is 37.6. The number of imidazole rings is 1. The number of nitrogens with zero attached hydrogens (tertiary/aromatic N) is 7. The Balaban J connectivity index is 1.08. The summed E-state index contributed by atoms with van der Waals surface area (Å²) < 4.78 is 22.8. The van der Waals surface area contributed by atoms with E-state index in [0.717, 1.165) is 66.6 Å². The first-order chi connectivity index (χ1) is 25.9. The number of benzene rings is 1. The number of hydrogen-bond acceptors (Lipinski definition) is 8. The van der Waals surface area contributed by atoms with Crippen LogP contribution in [0.25, 0.3) is 22.3 Å². The molecule has 7 heterocycles. The number of hydrogen-bond donors (Lipinski definition) is 1. The van der Waals surface area contributed by atoms with Crippen LogP contribution in [0, 0.1) is 11.2 Å². The van der Waals surface area contributed by atoms with Crippen LogP contribution in [-0.4, -0.2) is 91.6 Å². The minimum absolute atomic E-state index is 0.0422. The third-order valence-corrected chi connectivity index (χ3v) is 13.1. The van der Waals surface area contributed by atoms with Crippen molar-refractivity contribution in [1.82, 2.24) is 29.3 Å². The van der Waals surface area contributed by atoms with Crippen LogP contribution in [0.5, 0.6) is 0 Å². The lowest BCUT2D eigenvalue weighted by molar-refractivity contribution is -0.153. The van der Waals surface area contributed by atoms with E-state index in [4.69, 9.17) is 14.7 Å². The van der Waals surface area contributed by atoms with Crippen LogP contribution in [0.15, 0.2) is 49.1 Å². The molecule has 0 bridgehead atoms. The molecule has 1 aromatic carbocycles. The molecule has 1 unspecified atom stereocenters. The fourth-order valence-electron chi connectivity index (χ4n) is 9.79. The van der Waals surface area contributed by atoms with Crippen LogP contribution < -0.4 is 10.2 Å². The normalized spacial score (nSPS) is 26.2. The molecule has 1 saturated carbocycles. The molecular weight excluding hydrogens is 684 g/mol. The Morgan fingerprint density at radius 2 is 1.81 bits per heavy atom. The number of piperidine rings is 1. The molecule has 3 aromatic heterocycles. The summed E-state index contributed by atoms with van der Waals surface area (Å²) in [5.74, 6) is 0.223. The Kier molecular flexibility index (Phi) is 8.39. The Morgan fingerprint density at radius 3 is 2.50 bits per heavy atom. The van der Waals surface area contributed by atoms with Crippen LogP contribution >= 0.6 is 0 Å². The summed E-state index contributed by atoms with van der Waals surface area (Å²) in [6, 6.07) is 10.6. The molecule has 1 atom stereocenters. The molecule has 4 aromatic rings. The van der Waals surface area contributed by atoms with Crippen LogP contribution in [0.3, 0.4) is 0 Å². The van der Waals surface area contributed by atoms with Gasteiger partial charge in [0.05, 0.1) is 34.8 Å². The van der Waals surface area contributed by atoms with Crippen molar-refractivity contribution in [2.45, 2.75) is 109 Å². The van der Waals surface area contributed by atoms with E-state index in [-0.39, 0.29) is 29.6 Å². The first-order valence-corrected chi connectivity index (χ1v) is 19.8. The van der Waals surface area contributed by atoms with Crippen molar-refractivity contribution in [1.29, 1.82) is 0 Å². The third kappa shape index (κ3) is 5.70. The number of likely N-dealkylation sites (tertiary alicyclic amines) is 2. The summed E-state index contributed by atoms with van der Waals surface area (Å²) in [7, 11) is 0. The quantitative estimate of drug-likeness (QED) is 0.217. The summed E-state index contributed by atoms with van der Waals surface area (Å²) >= 11 is 0. The summed E-state index contributed by atoms with van der Waals surface area (Å²) in [5.41, 5.74) is 4.18. The van der Waals surface area contributed by atoms with Gasteiger partial charge in [0.1, 0.15) is 11.1 Å². The molecule has 0 radical (unpaired) electrons. The largest absolute Gasteiger partial charge is 0.365 e. The Morgan fingerprint density at radius 1 is 1.02 bits per heavy atom. The molecule has 5 aliphatic rings. The van der Waals surface area contributed by atoms with Crippen LogP contribution in [0.4, 0.5) is 21.6 Å². The maximum absolute atomic E-state index is 15.0. The molecule has 1 aliphatic carbocycles. The lowest BCUT2D eigenvalue weighted by atomic mass is 9.73. The molecule has 54 heavy (non-hydrogen) atoms. The van der Waals surface area contributed by atoms with Gasteiger partial charge in [0, 0.05) is 61.8 Å². The van der Waals surface area contributed by atoms with Gasteiger partial charge in [-0.05, 0) is 101 Å². The van der Waals surface area contributed by atoms with Crippen molar-refractivity contribution in [3.05, 3.63) is 60.4 Å². The lowest BCUT2D eigenvalue weighted by Crippen LogP contribution is -2.58. The van der Waals surface area contributed by atoms with E-state index in [1.807, 2.05) is 22.5 Å². The van der Waals surface area contributed by atoms with Crippen molar-refractivity contribution >= 4 is 40.0 Å². The van der Waals surface area contributed by atoms with Gasteiger partial charge >= 0.3 is 0 Å². The highest BCUT2D eigenvalue weighted by molar-refractivity contribution is 6.09. The Bertz CT molecular complexity index is 2130. The molecule has 12 heteroatoms. The number of carbonyl (C=O) groups is 2. The van der Waals surface area contributed by atoms with E-state index in [0.29, 0.717) is 55.5 Å². The Labute approximate surface area is 316 Å². The van der Waals surface area contributed by atoms with Crippen LogP contribution in [0.2, 0.25) is 0 Å². The highest BCUT2D eigenvalue weighted by Crippen LogP contribution is 2.53. The fraction of sp³-hybridized carbons (Fsp3) is 0.548. The second-order valence-electron chi connectivity index (χ2n) is 17.6. The van der Waals surface area contributed by atoms with Gasteiger partial charge in [-0.25, -0.2) is 14.4 Å². The highest BCUT2D eigenvalue weighted by atomic mass is 19.1. The van der Waals surface area contributed by atoms with E-state index in [9.17, 15) is 14.0 Å². The molecule has 9 rings (SSSR count). The fourth-order valence-corrected chi connectivity index (χ4v) is 9.79. The van der Waals surface area contributed by atoms with E-state index in [1.165, 1.54) is 12.6 Å². The minimum atomic E-state index is -0.774. The summed E-state index contributed by atoms with van der Waals surface area (Å²) in [6.45, 7) is 14.6. The van der Waals surface area contributed by atoms with Crippen molar-refractivity contribution in [3.63, 3.8) is 0 Å². The maximum Gasteiger partial charge on any atom is 0.254 e. The molecule has 4 aliphatic heterocycles. The van der Waals surface area contributed by atoms with E-state index in [2.05, 4.69) is 66.0 Å². The van der Waals surface area contributed by atoms with Gasteiger partial charge in [0.2, 0.25) is 5.91 Å². The van der Waals surface area contributed by atoms with Gasteiger partial charge in [0.25, 0.3) is 5.91 Å². The second kappa shape index (κ2) is 12.8. The van der Waals surface area contributed by atoms with Crippen LogP contribution in [0.1, 0.15) is 91.2 Å². The van der Waals surface area contributed by atoms with Gasteiger partial charge in [-0.15, -0.1) is 0 Å². The number of halogens is 1. The average molecular weight is 735 g/mol. The van der Waals surface area contributed by atoms with Gasteiger partial charge in [0.15, 0.2) is 11.6 Å². The zero-order valence-electron chi connectivity index (χ0n) is 32.1. The smallest absolute Gasteiger partial charge is 0.254 e. The van der Waals surface area contributed by atoms with Gasteiger partial charge in [-0.2, -0.15) is 0 Å². The third-order valence-electron chi connectivity index (χ3n) is 13.1. The van der Waals surface area contributed by atoms with E-state index >= 15 is 0 Å². The molecule has 1 N–H and O–H groups in total. The van der Waals surface area contributed by atoms with Crippen molar-refractivity contribution in [2.75, 3.05) is 43.0 Å². The molecule has 4 fully saturated rings. The molecule has 1 spiro atoms. The molecule has 3 saturated heterocycles. The van der Waals surface area contributed by atoms with Gasteiger partial charge in [-0.1, -0.05) is 26.0 Å². The van der Waals surface area contributed by atoms with Gasteiger partial charge < -0.3 is 24.4 Å². The number of anilines is 3. The number of amides is 2. The summed E-state index contributed by atoms with van der Waals surface area (Å²) in [4.78, 5) is 49.0. The molecule has 11 nitrogen and oxygen atoms in total. The molecular formula is C42H51FN8O3. The second-order valence-corrected chi connectivity index (χ2v) is 17.6. The summed E-state index contributed by atoms with van der Waals surface area (Å²) in [5, 5.41) is 3.23. The minimum Gasteiger partial charge on any atom is -0.365 e. The topological polar surface area (TPSA) is 109 Å². The standard InChI is InChI=1S/C42H51FN8O3/c1-26(2)50-25-45-34-22-33(47-37(36(34)50)46-32-9-14-44-23-31(32)43)27-7-8-30-35(19-27)51(29-20-28(21-29)49-15-11-40(3,4)24-49)39(53)42(30)12-16-48(17-13-42)38(52)41(5)10-6-18-54-41/h7-9,14,19,22-23,25-26,28-29H,6,10-13,15-18,20-21,24H2,1-5H3,(H,44,46,47)/t28-,29+,41?. The number of aromatic nitrogens is 4. The number of rotatable bonds is 7. The van der Waals surface area contributed by atoms with Crippen molar-refractivity contribution in [2.24, 2.45) is 5.41 Å². The molecule has 2 amide bonds. The van der Waals surface area contributed by atoms with Crippen molar-refractivity contribution < 1.29 is 18.7 Å². The maximum atomic E-state index is 15.0. The molecule has 284 valence electrons. The number of nitrogens with one attached hydrogen (secondary N) is 1. The number of fused-ring (bicyclic) bond motifs is 3. The number of carbonyl (C=O) groups excluding carboxylic acids is 2. The average Bonchev–Trinajstić information content (AvgIpc) is 3.91. The zero-order valence-corrected chi connectivity index (χ0v) is 32.1. The monoisotopic (exact) mass is 734 g/mol. The van der Waals surface area contributed by atoms with E-state index < -0.39 is 16.8 Å².